The van der Waals surface area contributed by atoms with Gasteiger partial charge in [-0.3, -0.25) is 0 Å². The van der Waals surface area contributed by atoms with Gasteiger partial charge in [-0.05, 0) is 37.1 Å². The minimum atomic E-state index is -1.22. The van der Waals surface area contributed by atoms with Crippen molar-refractivity contribution in [3.05, 3.63) is 35.3 Å². The van der Waals surface area contributed by atoms with E-state index in [1.54, 1.807) is 0 Å². The molecule has 0 radical (unpaired) electrons. The van der Waals surface area contributed by atoms with Crippen molar-refractivity contribution in [3.63, 3.8) is 0 Å². The van der Waals surface area contributed by atoms with Gasteiger partial charge in [0.2, 0.25) is 5.13 Å². The fourth-order valence-electron chi connectivity index (χ4n) is 5.39. The van der Waals surface area contributed by atoms with Gasteiger partial charge in [-0.2, -0.15) is 5.26 Å². The summed E-state index contributed by atoms with van der Waals surface area (Å²) >= 11 is 0.0841. The van der Waals surface area contributed by atoms with Gasteiger partial charge in [0.1, 0.15) is 28.2 Å². The van der Waals surface area contributed by atoms with Crippen molar-refractivity contribution in [2.75, 3.05) is 30.4 Å². The number of anilines is 3. The van der Waals surface area contributed by atoms with Crippen LogP contribution < -0.4 is 10.2 Å². The minimum absolute atomic E-state index is 0.0139. The van der Waals surface area contributed by atoms with Crippen LogP contribution in [0.15, 0.2) is 30.3 Å². The summed E-state index contributed by atoms with van der Waals surface area (Å²) in [6, 6.07) is 13.1. The molecule has 0 amide bonds. The molecule has 2 aromatic heterocycles. The molecule has 202 valence electrons. The molecule has 38 heavy (non-hydrogen) atoms. The minimum Gasteiger partial charge on any atom is -0.578 e. The number of hydrogen-bond acceptors (Lipinski definition) is 11. The van der Waals surface area contributed by atoms with Crippen LogP contribution in [0.5, 0.6) is 0 Å². The van der Waals surface area contributed by atoms with Gasteiger partial charge < -0.3 is 19.9 Å². The van der Waals surface area contributed by atoms with E-state index in [0.717, 1.165) is 42.3 Å². The molecule has 0 spiro atoms. The molecule has 0 aliphatic carbocycles. The summed E-state index contributed by atoms with van der Waals surface area (Å²) in [5.41, 5.74) is 0. The number of piperidine rings is 1. The predicted molar refractivity (Wildman–Crippen MR) is 151 cm³/mol. The topological polar surface area (TPSA) is 128 Å². The number of nitrogens with one attached hydrogen (secondary N) is 1. The average Bonchev–Trinajstić information content (AvgIpc) is 3.38. The normalized spacial score (nSPS) is 23.6. The number of aromatic nitrogens is 3. The summed E-state index contributed by atoms with van der Waals surface area (Å²) in [5.74, 6) is 1.55. The van der Waals surface area contributed by atoms with Crippen molar-refractivity contribution in [2.24, 2.45) is 5.92 Å². The maximum Gasteiger partial charge on any atom is 0.211 e. The van der Waals surface area contributed by atoms with E-state index in [1.165, 1.54) is 11.3 Å². The van der Waals surface area contributed by atoms with E-state index in [2.05, 4.69) is 63.8 Å². The Morgan fingerprint density at radius 3 is 2.55 bits per heavy atom. The molecule has 12 heteroatoms. The molecule has 2 saturated heterocycles. The van der Waals surface area contributed by atoms with Gasteiger partial charge in [-0.15, -0.1) is 18.8 Å². The first-order chi connectivity index (χ1) is 18.4. The Kier molecular flexibility index (Phi) is 8.32. The van der Waals surface area contributed by atoms with Crippen molar-refractivity contribution in [1.82, 2.24) is 23.8 Å². The predicted octanol–water partition coefficient (Wildman–Crippen LogP) is 3.81. The fourth-order valence-corrected chi connectivity index (χ4v) is 7.85. The zero-order chi connectivity index (χ0) is 26.8. The Morgan fingerprint density at radius 1 is 1.21 bits per heavy atom. The second kappa shape index (κ2) is 11.7. The van der Waals surface area contributed by atoms with Crippen LogP contribution in [-0.2, 0) is 18.2 Å². The van der Waals surface area contributed by atoms with E-state index in [1.807, 2.05) is 22.5 Å². The summed E-state index contributed by atoms with van der Waals surface area (Å²) in [5, 5.41) is 33.2. The Hall–Kier alpha value is -2.53. The molecule has 1 unspecified atom stereocenters. The van der Waals surface area contributed by atoms with Gasteiger partial charge >= 0.3 is 0 Å². The van der Waals surface area contributed by atoms with E-state index < -0.39 is 11.5 Å². The zero-order valence-corrected chi connectivity index (χ0v) is 23.6. The molecule has 2 fully saturated rings. The van der Waals surface area contributed by atoms with Gasteiger partial charge in [0.25, 0.3) is 0 Å². The van der Waals surface area contributed by atoms with E-state index in [0.29, 0.717) is 29.0 Å². The van der Waals surface area contributed by atoms with E-state index in [9.17, 15) is 9.66 Å². The maximum atomic E-state index is 13.5. The molecule has 0 saturated carbocycles. The van der Waals surface area contributed by atoms with Crippen molar-refractivity contribution >= 4 is 50.4 Å². The highest BCUT2D eigenvalue weighted by atomic mass is 32.2. The van der Waals surface area contributed by atoms with Crippen LogP contribution in [0.4, 0.5) is 16.8 Å². The van der Waals surface area contributed by atoms with Crippen LogP contribution in [-0.4, -0.2) is 71.7 Å². The summed E-state index contributed by atoms with van der Waals surface area (Å²) in [6.45, 7) is 5.35. The molecular formula is C26H34N8O2S2. The van der Waals surface area contributed by atoms with Crippen LogP contribution in [0.2, 0.25) is 0 Å². The Bertz CT molecular complexity index is 1280. The molecule has 2 aliphatic heterocycles. The van der Waals surface area contributed by atoms with Gasteiger partial charge in [0, 0.05) is 18.5 Å². The lowest BCUT2D eigenvalue weighted by Crippen LogP contribution is -2.62. The number of rotatable bonds is 9. The molecule has 0 bridgehead atoms. The van der Waals surface area contributed by atoms with Crippen molar-refractivity contribution in [1.29, 1.82) is 5.26 Å². The number of fused-ring (bicyclic) bond motifs is 1. The third-order valence-electron chi connectivity index (χ3n) is 7.65. The Balaban J connectivity index is 1.39. The molecule has 4 atom stereocenters. The summed E-state index contributed by atoms with van der Waals surface area (Å²) < 4.78 is 17.6. The third-order valence-corrected chi connectivity index (χ3v) is 10.2. The standard InChI is InChI=1S/C26H34N8O2S2/c1-4-19-11-21(12-20(5-2)34(19)38(36)33-14-17(13-27)15-33)32(3)23-10-18-8-6-7-9-22(18)25(28-23)29-26-31-30-24(16-35)37-26/h6-10,17,19-21,35H,4-5,11-12,14-16H2,1-3H3,(H,28,29,31)/t19-,20+,21-,38?. The van der Waals surface area contributed by atoms with Crippen LogP contribution in [0.25, 0.3) is 10.8 Å². The van der Waals surface area contributed by atoms with Crippen molar-refractivity contribution in [2.45, 2.75) is 64.3 Å². The van der Waals surface area contributed by atoms with Gasteiger partial charge in [0.05, 0.1) is 43.8 Å². The number of pyridine rings is 1. The van der Waals surface area contributed by atoms with Gasteiger partial charge in [-0.1, -0.05) is 49.4 Å². The molecule has 3 aromatic rings. The van der Waals surface area contributed by atoms with Gasteiger partial charge in [-0.25, -0.2) is 4.98 Å². The number of nitriles is 1. The molecule has 2 N–H and O–H groups in total. The zero-order valence-electron chi connectivity index (χ0n) is 21.9. The maximum absolute atomic E-state index is 13.5. The number of aliphatic hydroxyl groups excluding tert-OH is 1. The monoisotopic (exact) mass is 554 g/mol. The van der Waals surface area contributed by atoms with Crippen LogP contribution in [0.1, 0.15) is 44.5 Å². The quantitative estimate of drug-likeness (QED) is 0.377. The Labute approximate surface area is 230 Å². The van der Waals surface area contributed by atoms with E-state index in [4.69, 9.17) is 10.2 Å². The first-order valence-corrected chi connectivity index (χ1v) is 15.0. The lowest BCUT2D eigenvalue weighted by molar-refractivity contribution is 0.129. The van der Waals surface area contributed by atoms with Crippen LogP contribution in [0, 0.1) is 17.2 Å². The van der Waals surface area contributed by atoms with E-state index in [-0.39, 0.29) is 30.7 Å². The molecule has 2 aliphatic rings. The SMILES string of the molecule is CC[C@@H]1C[C@@H](N(C)c2cc3ccccc3c(Nc3nnc(CO)s3)n2)C[C@H](CC)N1[S+]([O-])N1CC(C#N)C1. The summed E-state index contributed by atoms with van der Waals surface area (Å²) in [7, 11) is 2.10. The van der Waals surface area contributed by atoms with Crippen LogP contribution >= 0.6 is 11.3 Å². The molecule has 10 nitrogen and oxygen atoms in total. The highest BCUT2D eigenvalue weighted by Gasteiger charge is 2.48. The second-order valence-electron chi connectivity index (χ2n) is 9.96. The van der Waals surface area contributed by atoms with Crippen LogP contribution in [0.3, 0.4) is 0 Å². The number of nitrogens with zero attached hydrogens (tertiary/aromatic N) is 7. The average molecular weight is 555 g/mol. The Morgan fingerprint density at radius 2 is 1.92 bits per heavy atom. The smallest absolute Gasteiger partial charge is 0.211 e. The highest BCUT2D eigenvalue weighted by Crippen LogP contribution is 2.37. The third kappa shape index (κ3) is 5.32. The number of hydrogen-bond donors (Lipinski definition) is 2. The summed E-state index contributed by atoms with van der Waals surface area (Å²) in [6.07, 6.45) is 3.59. The molecular weight excluding hydrogens is 520 g/mol. The van der Waals surface area contributed by atoms with Crippen molar-refractivity contribution in [3.8, 4) is 6.07 Å². The fraction of sp³-hybridized carbons (Fsp3) is 0.538. The van der Waals surface area contributed by atoms with E-state index >= 15 is 0 Å². The summed E-state index contributed by atoms with van der Waals surface area (Å²) in [4.78, 5) is 7.27. The molecule has 5 rings (SSSR count). The first kappa shape index (κ1) is 27.1. The largest absolute Gasteiger partial charge is 0.578 e. The number of benzene rings is 1. The van der Waals surface area contributed by atoms with Crippen molar-refractivity contribution < 1.29 is 9.66 Å². The highest BCUT2D eigenvalue weighted by molar-refractivity contribution is 7.86. The molecule has 4 heterocycles. The molecule has 1 aromatic carbocycles. The first-order valence-electron chi connectivity index (χ1n) is 13.1. The van der Waals surface area contributed by atoms with Gasteiger partial charge in [0.15, 0.2) is 0 Å². The second-order valence-corrected chi connectivity index (χ2v) is 12.4. The lowest BCUT2D eigenvalue weighted by atomic mass is 9.90. The number of aliphatic hydroxyl groups is 1. The lowest BCUT2D eigenvalue weighted by Gasteiger charge is -2.48.